The zero-order chi connectivity index (χ0) is 17.7. The highest BCUT2D eigenvalue weighted by Gasteiger charge is 2.24. The Morgan fingerprint density at radius 1 is 1.33 bits per heavy atom. The third kappa shape index (κ3) is 4.55. The second kappa shape index (κ2) is 8.09. The minimum atomic E-state index is -3.59. The molecule has 7 heteroatoms. The summed E-state index contributed by atoms with van der Waals surface area (Å²) in [5, 5.41) is 0. The Labute approximate surface area is 144 Å². The lowest BCUT2D eigenvalue weighted by Gasteiger charge is -2.38. The molecule has 1 aromatic rings. The molecule has 0 bridgehead atoms. The number of carbonyl (C=O) groups excluding carboxylic acids is 1. The van der Waals surface area contributed by atoms with E-state index in [0.29, 0.717) is 18.2 Å². The zero-order valence-corrected chi connectivity index (χ0v) is 15.3. The van der Waals surface area contributed by atoms with Crippen LogP contribution in [0.25, 0.3) is 0 Å². The molecule has 0 spiro atoms. The number of ether oxygens (including phenoxy) is 1. The first kappa shape index (κ1) is 18.9. The standard InChI is InChI=1S/C17H26N2O4S/c1-13-6-4-5-11-19(13)14(2)12-18-24(21,22)16-9-7-15(8-10-16)17(20)23-3/h7-10,13-14,18H,4-6,11-12H2,1-3H3. The quantitative estimate of drug-likeness (QED) is 0.791. The highest BCUT2D eigenvalue weighted by Crippen LogP contribution is 2.19. The monoisotopic (exact) mass is 354 g/mol. The van der Waals surface area contributed by atoms with Gasteiger partial charge in [-0.2, -0.15) is 0 Å². The van der Waals surface area contributed by atoms with Gasteiger partial charge in [0.05, 0.1) is 17.6 Å². The Bertz CT molecular complexity index is 658. The highest BCUT2D eigenvalue weighted by molar-refractivity contribution is 7.89. The number of benzene rings is 1. The molecule has 1 aliphatic rings. The molecule has 0 saturated carbocycles. The van der Waals surface area contributed by atoms with Crippen LogP contribution in [0.15, 0.2) is 29.2 Å². The first-order valence-electron chi connectivity index (χ1n) is 8.29. The molecule has 1 heterocycles. The normalized spacial score (nSPS) is 20.5. The van der Waals surface area contributed by atoms with Crippen molar-refractivity contribution in [3.8, 4) is 0 Å². The molecule has 1 aromatic carbocycles. The van der Waals surface area contributed by atoms with Gasteiger partial charge in [-0.15, -0.1) is 0 Å². The fourth-order valence-electron chi connectivity index (χ4n) is 3.09. The van der Waals surface area contributed by atoms with Crippen LogP contribution in [0, 0.1) is 0 Å². The Kier molecular flexibility index (Phi) is 6.37. The number of carbonyl (C=O) groups is 1. The summed E-state index contributed by atoms with van der Waals surface area (Å²) in [7, 11) is -2.30. The van der Waals surface area contributed by atoms with E-state index in [1.165, 1.54) is 37.8 Å². The number of hydrogen-bond donors (Lipinski definition) is 1. The van der Waals surface area contributed by atoms with Gasteiger partial charge in [-0.3, -0.25) is 4.90 Å². The van der Waals surface area contributed by atoms with Gasteiger partial charge in [-0.1, -0.05) is 6.42 Å². The Morgan fingerprint density at radius 2 is 2.00 bits per heavy atom. The van der Waals surface area contributed by atoms with E-state index in [2.05, 4.69) is 21.3 Å². The third-order valence-corrected chi connectivity index (χ3v) is 6.01. The Morgan fingerprint density at radius 3 is 2.58 bits per heavy atom. The molecule has 0 radical (unpaired) electrons. The minimum Gasteiger partial charge on any atom is -0.465 e. The number of rotatable bonds is 6. The van der Waals surface area contributed by atoms with Crippen LogP contribution in [0.5, 0.6) is 0 Å². The van der Waals surface area contributed by atoms with Crippen LogP contribution < -0.4 is 4.72 Å². The number of nitrogens with one attached hydrogen (secondary N) is 1. The average Bonchev–Trinajstić information content (AvgIpc) is 2.59. The molecule has 134 valence electrons. The molecule has 1 fully saturated rings. The van der Waals surface area contributed by atoms with Crippen molar-refractivity contribution in [3.63, 3.8) is 0 Å². The summed E-state index contributed by atoms with van der Waals surface area (Å²) in [4.78, 5) is 13.9. The fraction of sp³-hybridized carbons (Fsp3) is 0.588. The van der Waals surface area contributed by atoms with Gasteiger partial charge in [0, 0.05) is 18.6 Å². The van der Waals surface area contributed by atoms with Crippen LogP contribution in [-0.2, 0) is 14.8 Å². The number of esters is 1. The number of sulfonamides is 1. The van der Waals surface area contributed by atoms with Gasteiger partial charge < -0.3 is 4.74 Å². The van der Waals surface area contributed by atoms with Crippen LogP contribution >= 0.6 is 0 Å². The smallest absolute Gasteiger partial charge is 0.337 e. The van der Waals surface area contributed by atoms with Crippen molar-refractivity contribution in [1.82, 2.24) is 9.62 Å². The maximum absolute atomic E-state index is 12.4. The van der Waals surface area contributed by atoms with Gasteiger partial charge in [-0.25, -0.2) is 17.9 Å². The molecule has 24 heavy (non-hydrogen) atoms. The molecule has 2 unspecified atom stereocenters. The predicted molar refractivity (Wildman–Crippen MR) is 92.5 cm³/mol. The van der Waals surface area contributed by atoms with Gasteiger partial charge in [0.15, 0.2) is 0 Å². The molecule has 0 aromatic heterocycles. The van der Waals surface area contributed by atoms with Crippen LogP contribution in [-0.4, -0.2) is 51.6 Å². The second-order valence-corrected chi connectivity index (χ2v) is 8.07. The molecular formula is C17H26N2O4S. The van der Waals surface area contributed by atoms with Crippen molar-refractivity contribution in [2.45, 2.75) is 50.1 Å². The van der Waals surface area contributed by atoms with Crippen LogP contribution in [0.3, 0.4) is 0 Å². The maximum atomic E-state index is 12.4. The molecule has 1 aliphatic heterocycles. The van der Waals surface area contributed by atoms with Gasteiger partial charge in [0.2, 0.25) is 10.0 Å². The molecule has 0 amide bonds. The van der Waals surface area contributed by atoms with E-state index in [9.17, 15) is 13.2 Å². The lowest BCUT2D eigenvalue weighted by molar-refractivity contribution is 0.0600. The molecule has 2 rings (SSSR count). The van der Waals surface area contributed by atoms with E-state index in [1.54, 1.807) is 0 Å². The largest absolute Gasteiger partial charge is 0.465 e. The number of hydrogen-bond acceptors (Lipinski definition) is 5. The van der Waals surface area contributed by atoms with Crippen LogP contribution in [0.2, 0.25) is 0 Å². The second-order valence-electron chi connectivity index (χ2n) is 6.30. The van der Waals surface area contributed by atoms with Gasteiger partial charge in [0.25, 0.3) is 0 Å². The Balaban J connectivity index is 1.99. The maximum Gasteiger partial charge on any atom is 0.337 e. The fourth-order valence-corrected chi connectivity index (χ4v) is 4.22. The van der Waals surface area contributed by atoms with Crippen molar-refractivity contribution in [2.24, 2.45) is 0 Å². The highest BCUT2D eigenvalue weighted by atomic mass is 32.2. The third-order valence-electron chi connectivity index (χ3n) is 4.57. The van der Waals surface area contributed by atoms with Crippen LogP contribution in [0.1, 0.15) is 43.5 Å². The van der Waals surface area contributed by atoms with Gasteiger partial charge in [0.1, 0.15) is 0 Å². The first-order chi connectivity index (χ1) is 11.3. The summed E-state index contributed by atoms with van der Waals surface area (Å²) in [6.45, 7) is 5.61. The summed E-state index contributed by atoms with van der Waals surface area (Å²) in [5.74, 6) is -0.486. The van der Waals surface area contributed by atoms with Gasteiger partial charge >= 0.3 is 5.97 Å². The SMILES string of the molecule is COC(=O)c1ccc(S(=O)(=O)NCC(C)N2CCCCC2C)cc1. The molecule has 6 nitrogen and oxygen atoms in total. The lowest BCUT2D eigenvalue weighted by atomic mass is 10.0. The van der Waals surface area contributed by atoms with Gasteiger partial charge in [-0.05, 0) is 57.5 Å². The molecule has 2 atom stereocenters. The van der Waals surface area contributed by atoms with Crippen molar-refractivity contribution in [2.75, 3.05) is 20.2 Å². The van der Waals surface area contributed by atoms with Crippen molar-refractivity contribution in [1.29, 1.82) is 0 Å². The molecule has 1 N–H and O–H groups in total. The first-order valence-corrected chi connectivity index (χ1v) is 9.77. The molecule has 0 aliphatic carbocycles. The van der Waals surface area contributed by atoms with Crippen LogP contribution in [0.4, 0.5) is 0 Å². The lowest BCUT2D eigenvalue weighted by Crippen LogP contribution is -2.48. The van der Waals surface area contributed by atoms with E-state index >= 15 is 0 Å². The predicted octanol–water partition coefficient (Wildman–Crippen LogP) is 2.01. The molecule has 1 saturated heterocycles. The van der Waals surface area contributed by atoms with E-state index in [0.717, 1.165) is 19.4 Å². The topological polar surface area (TPSA) is 75.7 Å². The average molecular weight is 354 g/mol. The van der Waals surface area contributed by atoms with Crippen molar-refractivity contribution < 1.29 is 17.9 Å². The summed E-state index contributed by atoms with van der Waals surface area (Å²) in [6, 6.07) is 6.38. The van der Waals surface area contributed by atoms with E-state index in [-0.39, 0.29) is 10.9 Å². The number of methoxy groups -OCH3 is 1. The van der Waals surface area contributed by atoms with E-state index < -0.39 is 16.0 Å². The van der Waals surface area contributed by atoms with Crippen molar-refractivity contribution in [3.05, 3.63) is 29.8 Å². The number of nitrogens with zero attached hydrogens (tertiary/aromatic N) is 1. The van der Waals surface area contributed by atoms with E-state index in [1.807, 2.05) is 6.92 Å². The minimum absolute atomic E-state index is 0.143. The summed E-state index contributed by atoms with van der Waals surface area (Å²) in [6.07, 6.45) is 3.56. The summed E-state index contributed by atoms with van der Waals surface area (Å²) in [5.41, 5.74) is 0.326. The summed E-state index contributed by atoms with van der Waals surface area (Å²) >= 11 is 0. The molecular weight excluding hydrogens is 328 g/mol. The van der Waals surface area contributed by atoms with E-state index in [4.69, 9.17) is 0 Å². The zero-order valence-electron chi connectivity index (χ0n) is 14.5. The van der Waals surface area contributed by atoms with Crippen molar-refractivity contribution >= 4 is 16.0 Å². The summed E-state index contributed by atoms with van der Waals surface area (Å²) < 4.78 is 32.1. The number of likely N-dealkylation sites (tertiary alicyclic amines) is 1. The number of piperidine rings is 1. The Hall–Kier alpha value is -1.44.